The molecule has 1 aliphatic rings. The number of nitrogens with zero attached hydrogens (tertiary/aromatic N) is 3. The molecule has 0 N–H and O–H groups in total. The number of benzene rings is 1. The normalized spacial score (nSPS) is 16.5. The van der Waals surface area contributed by atoms with Gasteiger partial charge in [-0.05, 0) is 73.3 Å². The summed E-state index contributed by atoms with van der Waals surface area (Å²) in [7, 11) is 1.62. The molecule has 0 aliphatic carbocycles. The molecule has 7 nitrogen and oxygen atoms in total. The van der Waals surface area contributed by atoms with Crippen molar-refractivity contribution in [2.24, 2.45) is 0 Å². The minimum absolute atomic E-state index is 0.166. The summed E-state index contributed by atoms with van der Waals surface area (Å²) in [4.78, 5) is 32.6. The van der Waals surface area contributed by atoms with Crippen molar-refractivity contribution in [1.82, 2.24) is 9.55 Å². The first-order valence-electron chi connectivity index (χ1n) is 10.5. The Labute approximate surface area is 199 Å². The van der Waals surface area contributed by atoms with Gasteiger partial charge in [0.05, 0.1) is 23.0 Å². The molecule has 3 aromatic rings. The van der Waals surface area contributed by atoms with E-state index in [1.54, 1.807) is 11.7 Å². The molecule has 3 heterocycles. The Balaban J connectivity index is 1.65. The summed E-state index contributed by atoms with van der Waals surface area (Å²) in [6, 6.07) is 9.16. The number of fused-ring (bicyclic) bond motifs is 1. The zero-order chi connectivity index (χ0) is 23.0. The number of aromatic nitrogens is 2. The molecule has 0 saturated carbocycles. The highest BCUT2D eigenvalue weighted by Crippen LogP contribution is 2.34. The van der Waals surface area contributed by atoms with Crippen LogP contribution in [-0.2, 0) is 16.1 Å². The monoisotopic (exact) mass is 519 g/mol. The highest BCUT2D eigenvalue weighted by Gasteiger charge is 2.36. The average molecular weight is 520 g/mol. The smallest absolute Gasteiger partial charge is 0.329 e. The first-order chi connectivity index (χ1) is 15.2. The number of carbonyl (C=O) groups is 1. The zero-order valence-electron chi connectivity index (χ0n) is 18.6. The van der Waals surface area contributed by atoms with Gasteiger partial charge in [-0.25, -0.2) is 9.78 Å². The van der Waals surface area contributed by atoms with Gasteiger partial charge in [0.25, 0.3) is 5.56 Å². The van der Waals surface area contributed by atoms with Crippen LogP contribution in [-0.4, -0.2) is 40.8 Å². The Bertz CT molecular complexity index is 1200. The summed E-state index contributed by atoms with van der Waals surface area (Å²) < 4.78 is 13.9. The van der Waals surface area contributed by atoms with Crippen molar-refractivity contribution >= 4 is 48.6 Å². The fourth-order valence-electron chi connectivity index (χ4n) is 3.78. The van der Waals surface area contributed by atoms with Crippen LogP contribution in [0.5, 0.6) is 5.75 Å². The van der Waals surface area contributed by atoms with E-state index in [9.17, 15) is 9.59 Å². The van der Waals surface area contributed by atoms with Crippen molar-refractivity contribution in [2.75, 3.05) is 18.6 Å². The van der Waals surface area contributed by atoms with Crippen molar-refractivity contribution in [3.8, 4) is 5.75 Å². The Kier molecular flexibility index (Phi) is 6.31. The molecule has 0 bridgehead atoms. The van der Waals surface area contributed by atoms with Crippen LogP contribution in [0.2, 0.25) is 0 Å². The van der Waals surface area contributed by atoms with Gasteiger partial charge in [-0.2, -0.15) is 0 Å². The predicted molar refractivity (Wildman–Crippen MR) is 130 cm³/mol. The third-order valence-corrected chi connectivity index (χ3v) is 6.97. The van der Waals surface area contributed by atoms with E-state index in [0.29, 0.717) is 28.3 Å². The third-order valence-electron chi connectivity index (χ3n) is 5.27. The molecule has 1 fully saturated rings. The van der Waals surface area contributed by atoms with E-state index in [1.165, 1.54) is 11.3 Å². The Morgan fingerprint density at radius 1 is 1.28 bits per heavy atom. The summed E-state index contributed by atoms with van der Waals surface area (Å²) in [5.74, 6) is 0.525. The van der Waals surface area contributed by atoms with Gasteiger partial charge in [-0.1, -0.05) is 23.5 Å². The van der Waals surface area contributed by atoms with Crippen molar-refractivity contribution in [3.63, 3.8) is 0 Å². The largest absolute Gasteiger partial charge is 0.497 e. The lowest BCUT2D eigenvalue weighted by Gasteiger charge is -2.27. The van der Waals surface area contributed by atoms with E-state index in [4.69, 9.17) is 9.47 Å². The van der Waals surface area contributed by atoms with Crippen LogP contribution >= 0.6 is 27.3 Å². The average Bonchev–Trinajstić information content (AvgIpc) is 3.37. The number of carbonyl (C=O) groups excluding carboxylic acids is 1. The quantitative estimate of drug-likeness (QED) is 0.362. The van der Waals surface area contributed by atoms with E-state index < -0.39 is 5.60 Å². The fourth-order valence-corrected chi connectivity index (χ4v) is 5.51. The Morgan fingerprint density at radius 3 is 2.66 bits per heavy atom. The summed E-state index contributed by atoms with van der Waals surface area (Å²) in [6.07, 6.45) is 1.60. The topological polar surface area (TPSA) is 73.7 Å². The SMILES string of the molecule is COc1ccc(Cn2c(Br)cc3sc(N4CCCC4C(=O)OC(C)(C)C)nc3c2=O)cc1. The van der Waals surface area contributed by atoms with Crippen LogP contribution in [0.15, 0.2) is 39.7 Å². The number of thiazole rings is 1. The lowest BCUT2D eigenvalue weighted by Crippen LogP contribution is -2.40. The molecule has 4 rings (SSSR count). The van der Waals surface area contributed by atoms with Gasteiger partial charge in [-0.15, -0.1) is 0 Å². The third kappa shape index (κ3) is 4.68. The number of rotatable bonds is 5. The van der Waals surface area contributed by atoms with Gasteiger partial charge < -0.3 is 14.4 Å². The number of esters is 1. The minimum atomic E-state index is -0.543. The molecular weight excluding hydrogens is 494 g/mol. The molecule has 0 spiro atoms. The van der Waals surface area contributed by atoms with Crippen molar-refractivity contribution in [3.05, 3.63) is 50.9 Å². The number of hydrogen-bond acceptors (Lipinski definition) is 7. The molecule has 0 amide bonds. The van der Waals surface area contributed by atoms with Crippen molar-refractivity contribution in [1.29, 1.82) is 0 Å². The number of anilines is 1. The van der Waals surface area contributed by atoms with Crippen molar-refractivity contribution < 1.29 is 14.3 Å². The summed E-state index contributed by atoms with van der Waals surface area (Å²) in [5.41, 5.74) is 0.684. The molecule has 0 radical (unpaired) electrons. The van der Waals surface area contributed by atoms with Crippen LogP contribution in [0.25, 0.3) is 10.2 Å². The highest BCUT2D eigenvalue weighted by atomic mass is 79.9. The second-order valence-electron chi connectivity index (χ2n) is 8.80. The maximum atomic E-state index is 13.3. The maximum absolute atomic E-state index is 13.3. The molecule has 1 atom stereocenters. The van der Waals surface area contributed by atoms with Gasteiger partial charge in [0.15, 0.2) is 5.13 Å². The van der Waals surface area contributed by atoms with Crippen LogP contribution in [0.1, 0.15) is 39.2 Å². The number of ether oxygens (including phenoxy) is 2. The first kappa shape index (κ1) is 22.8. The molecule has 1 saturated heterocycles. The van der Waals surface area contributed by atoms with Gasteiger partial charge in [0, 0.05) is 6.54 Å². The van der Waals surface area contributed by atoms with Gasteiger partial charge in [0.1, 0.15) is 22.9 Å². The molecule has 2 aromatic heterocycles. The van der Waals surface area contributed by atoms with Crippen LogP contribution in [0.4, 0.5) is 5.13 Å². The predicted octanol–water partition coefficient (Wildman–Crippen LogP) is 4.59. The standard InChI is InChI=1S/C23H26BrN3O4S/c1-23(2,3)31-21(29)16-6-5-11-26(16)22-25-19-17(32-22)12-18(24)27(20(19)28)13-14-7-9-15(30-4)10-8-14/h7-10,12,16H,5-6,11,13H2,1-4H3. The second-order valence-corrected chi connectivity index (χ2v) is 10.6. The van der Waals surface area contributed by atoms with Crippen LogP contribution < -0.4 is 15.2 Å². The molecule has 170 valence electrons. The minimum Gasteiger partial charge on any atom is -0.497 e. The molecule has 1 aliphatic heterocycles. The molecule has 1 unspecified atom stereocenters. The highest BCUT2D eigenvalue weighted by molar-refractivity contribution is 9.10. The van der Waals surface area contributed by atoms with E-state index in [1.807, 2.05) is 56.0 Å². The first-order valence-corrected chi connectivity index (χ1v) is 12.1. The summed E-state index contributed by atoms with van der Waals surface area (Å²) in [6.45, 7) is 6.72. The van der Waals surface area contributed by atoms with E-state index in [2.05, 4.69) is 20.9 Å². The van der Waals surface area contributed by atoms with Crippen LogP contribution in [0, 0.1) is 0 Å². The molecule has 1 aromatic carbocycles. The Morgan fingerprint density at radius 2 is 2.00 bits per heavy atom. The molecular formula is C23H26BrN3O4S. The molecule has 9 heteroatoms. The lowest BCUT2D eigenvalue weighted by atomic mass is 10.1. The lowest BCUT2D eigenvalue weighted by molar-refractivity contribution is -0.156. The second kappa shape index (κ2) is 8.86. The molecule has 32 heavy (non-hydrogen) atoms. The van der Waals surface area contributed by atoms with Crippen molar-refractivity contribution in [2.45, 2.75) is 51.8 Å². The summed E-state index contributed by atoms with van der Waals surface area (Å²) >= 11 is 4.97. The van der Waals surface area contributed by atoms with E-state index >= 15 is 0 Å². The van der Waals surface area contributed by atoms with E-state index in [0.717, 1.165) is 28.9 Å². The van der Waals surface area contributed by atoms with Gasteiger partial charge in [0.2, 0.25) is 0 Å². The van der Waals surface area contributed by atoms with Gasteiger partial charge >= 0.3 is 5.97 Å². The number of hydrogen-bond donors (Lipinski definition) is 0. The zero-order valence-corrected chi connectivity index (χ0v) is 21.0. The number of halogens is 1. The Hall–Kier alpha value is -2.39. The maximum Gasteiger partial charge on any atom is 0.329 e. The van der Waals surface area contributed by atoms with Crippen LogP contribution in [0.3, 0.4) is 0 Å². The van der Waals surface area contributed by atoms with E-state index in [-0.39, 0.29) is 17.6 Å². The fraction of sp³-hybridized carbons (Fsp3) is 0.435. The number of methoxy groups -OCH3 is 1. The summed E-state index contributed by atoms with van der Waals surface area (Å²) in [5, 5.41) is 0.680. The number of pyridine rings is 1. The van der Waals surface area contributed by atoms with Gasteiger partial charge in [-0.3, -0.25) is 9.36 Å².